The van der Waals surface area contributed by atoms with Crippen molar-refractivity contribution in [2.45, 2.75) is 4.90 Å². The van der Waals surface area contributed by atoms with Gasteiger partial charge in [0.25, 0.3) is 5.91 Å². The molecule has 0 aliphatic rings. The van der Waals surface area contributed by atoms with Gasteiger partial charge in [-0.15, -0.1) is 11.5 Å². The number of anilines is 1. The van der Waals surface area contributed by atoms with Crippen LogP contribution >= 0.6 is 11.5 Å². The van der Waals surface area contributed by atoms with Gasteiger partial charge in [-0.05, 0) is 41.9 Å². The van der Waals surface area contributed by atoms with Crippen LogP contribution in [0.15, 0.2) is 58.8 Å². The van der Waals surface area contributed by atoms with Crippen LogP contribution in [0, 0.1) is 12.3 Å². The van der Waals surface area contributed by atoms with Gasteiger partial charge in [0.2, 0.25) is 10.0 Å². The molecule has 1 aromatic heterocycles. The topological polar surface area (TPSA) is 101 Å². The number of nitrogens with one attached hydrogen (secondary N) is 2. The molecule has 2 aromatic carbocycles. The number of hydrogen-bond acceptors (Lipinski definition) is 6. The van der Waals surface area contributed by atoms with Gasteiger partial charge < -0.3 is 5.32 Å². The zero-order chi connectivity index (χ0) is 19.3. The van der Waals surface area contributed by atoms with Crippen LogP contribution in [0.3, 0.4) is 0 Å². The van der Waals surface area contributed by atoms with Gasteiger partial charge >= 0.3 is 0 Å². The summed E-state index contributed by atoms with van der Waals surface area (Å²) in [5.41, 5.74) is 2.43. The largest absolute Gasteiger partial charge is 0.322 e. The molecule has 7 nitrogen and oxygen atoms in total. The molecular formula is C18H14N4O3S2. The Bertz CT molecular complexity index is 1090. The molecule has 3 aromatic rings. The Morgan fingerprint density at radius 2 is 1.96 bits per heavy atom. The highest BCUT2D eigenvalue weighted by molar-refractivity contribution is 7.89. The van der Waals surface area contributed by atoms with E-state index in [-0.39, 0.29) is 17.0 Å². The average molecular weight is 398 g/mol. The van der Waals surface area contributed by atoms with E-state index in [0.717, 1.165) is 11.3 Å². The first-order chi connectivity index (χ1) is 13.0. The van der Waals surface area contributed by atoms with Gasteiger partial charge in [-0.25, -0.2) is 8.42 Å². The summed E-state index contributed by atoms with van der Waals surface area (Å²) in [5.74, 6) is 1.78. The predicted molar refractivity (Wildman–Crippen MR) is 104 cm³/mol. The Morgan fingerprint density at radius 1 is 1.19 bits per heavy atom. The maximum Gasteiger partial charge on any atom is 0.255 e. The molecule has 3 rings (SSSR count). The molecule has 0 spiro atoms. The van der Waals surface area contributed by atoms with Gasteiger partial charge in [0.15, 0.2) is 0 Å². The third kappa shape index (κ3) is 4.57. The lowest BCUT2D eigenvalue weighted by molar-refractivity contribution is 0.102. The van der Waals surface area contributed by atoms with Crippen molar-refractivity contribution < 1.29 is 13.2 Å². The molecule has 0 atom stereocenters. The fraction of sp³-hybridized carbons (Fsp3) is 0.0556. The predicted octanol–water partition coefficient (Wildman–Crippen LogP) is 2.37. The van der Waals surface area contributed by atoms with Gasteiger partial charge in [0, 0.05) is 22.2 Å². The Hall–Kier alpha value is -3.06. The van der Waals surface area contributed by atoms with E-state index in [0.29, 0.717) is 5.69 Å². The minimum Gasteiger partial charge on any atom is -0.322 e. The number of nitrogens with zero attached hydrogens (tertiary/aromatic N) is 2. The summed E-state index contributed by atoms with van der Waals surface area (Å²) in [7, 11) is -3.77. The quantitative estimate of drug-likeness (QED) is 0.621. The molecule has 0 aliphatic heterocycles. The zero-order valence-electron chi connectivity index (χ0n) is 13.9. The molecule has 0 aliphatic carbocycles. The molecule has 9 heteroatoms. The molecule has 1 heterocycles. The first-order valence-electron chi connectivity index (χ1n) is 7.71. The highest BCUT2D eigenvalue weighted by Crippen LogP contribution is 2.20. The molecule has 1 amide bonds. The van der Waals surface area contributed by atoms with Gasteiger partial charge in [-0.1, -0.05) is 28.6 Å². The van der Waals surface area contributed by atoms with Crippen molar-refractivity contribution in [3.8, 4) is 23.6 Å². The van der Waals surface area contributed by atoms with Crippen LogP contribution in [0.5, 0.6) is 0 Å². The van der Waals surface area contributed by atoms with E-state index >= 15 is 0 Å². The maximum absolute atomic E-state index is 12.4. The van der Waals surface area contributed by atoms with Crippen molar-refractivity contribution in [2.75, 3.05) is 11.9 Å². The summed E-state index contributed by atoms with van der Waals surface area (Å²) in [4.78, 5) is 12.4. The van der Waals surface area contributed by atoms with Gasteiger partial charge in [-0.2, -0.15) is 4.72 Å². The Kier molecular flexibility index (Phi) is 5.61. The second-order valence-electron chi connectivity index (χ2n) is 5.38. The first kappa shape index (κ1) is 18.7. The number of amides is 1. The fourth-order valence-corrected chi connectivity index (χ4v) is 3.69. The van der Waals surface area contributed by atoms with Crippen molar-refractivity contribution in [2.24, 2.45) is 0 Å². The average Bonchev–Trinajstić information content (AvgIpc) is 3.22. The Balaban J connectivity index is 1.75. The van der Waals surface area contributed by atoms with E-state index < -0.39 is 15.9 Å². The van der Waals surface area contributed by atoms with Crippen molar-refractivity contribution >= 4 is 33.2 Å². The van der Waals surface area contributed by atoms with E-state index in [2.05, 4.69) is 25.5 Å². The summed E-state index contributed by atoms with van der Waals surface area (Å²) in [6.07, 6.45) is 5.07. The number of hydrogen-bond donors (Lipinski definition) is 2. The van der Waals surface area contributed by atoms with Crippen molar-refractivity contribution in [1.82, 2.24) is 14.3 Å². The van der Waals surface area contributed by atoms with Crippen molar-refractivity contribution in [1.29, 1.82) is 0 Å². The lowest BCUT2D eigenvalue weighted by Gasteiger charge is -2.08. The van der Waals surface area contributed by atoms with Crippen LogP contribution < -0.4 is 10.0 Å². The Labute approximate surface area is 160 Å². The molecule has 136 valence electrons. The summed E-state index contributed by atoms with van der Waals surface area (Å²) >= 11 is 1.26. The van der Waals surface area contributed by atoms with Crippen LogP contribution in [-0.4, -0.2) is 30.5 Å². The second kappa shape index (κ2) is 8.09. The molecule has 2 N–H and O–H groups in total. The summed E-state index contributed by atoms with van der Waals surface area (Å²) in [6.45, 7) is -0.125. The first-order valence-corrected chi connectivity index (χ1v) is 10.0. The number of aromatic nitrogens is 2. The van der Waals surface area contributed by atoms with E-state index in [1.165, 1.54) is 35.8 Å². The highest BCUT2D eigenvalue weighted by Gasteiger charge is 2.15. The van der Waals surface area contributed by atoms with Crippen molar-refractivity contribution in [3.63, 3.8) is 0 Å². The molecule has 0 bridgehead atoms. The maximum atomic E-state index is 12.4. The van der Waals surface area contributed by atoms with E-state index in [9.17, 15) is 13.2 Å². The molecule has 0 saturated carbocycles. The lowest BCUT2D eigenvalue weighted by Crippen LogP contribution is -2.24. The molecule has 0 fully saturated rings. The highest BCUT2D eigenvalue weighted by atomic mass is 32.2. The van der Waals surface area contributed by atoms with Crippen LogP contribution in [-0.2, 0) is 10.0 Å². The van der Waals surface area contributed by atoms with Crippen LogP contribution in [0.4, 0.5) is 5.69 Å². The number of benzene rings is 2. The standard InChI is InChI=1S/C18H14N4O3S2/c1-2-10-19-27(24,25)16-5-3-4-14(11-16)18(23)20-15-8-6-13(7-9-15)17-12-26-22-21-17/h1,3-9,11-12,19H,10H2,(H,20,23). The molecule has 27 heavy (non-hydrogen) atoms. The zero-order valence-corrected chi connectivity index (χ0v) is 15.5. The van der Waals surface area contributed by atoms with Crippen LogP contribution in [0.1, 0.15) is 10.4 Å². The molecule has 0 radical (unpaired) electrons. The Morgan fingerprint density at radius 3 is 2.63 bits per heavy atom. The van der Waals surface area contributed by atoms with E-state index in [1.54, 1.807) is 12.1 Å². The summed E-state index contributed by atoms with van der Waals surface area (Å²) in [6, 6.07) is 12.8. The number of rotatable bonds is 6. The number of sulfonamides is 1. The third-order valence-electron chi connectivity index (χ3n) is 3.57. The number of terminal acetylenes is 1. The molecular weight excluding hydrogens is 384 g/mol. The fourth-order valence-electron chi connectivity index (χ4n) is 2.24. The normalized spacial score (nSPS) is 10.9. The minimum atomic E-state index is -3.77. The van der Waals surface area contributed by atoms with Gasteiger partial charge in [-0.3, -0.25) is 4.79 Å². The second-order valence-corrected chi connectivity index (χ2v) is 7.75. The summed E-state index contributed by atoms with van der Waals surface area (Å²) in [5, 5.41) is 8.54. The number of carbonyl (C=O) groups is 1. The van der Waals surface area contributed by atoms with Gasteiger partial charge in [0.1, 0.15) is 5.69 Å². The van der Waals surface area contributed by atoms with Gasteiger partial charge in [0.05, 0.1) is 11.4 Å². The monoisotopic (exact) mass is 398 g/mol. The van der Waals surface area contributed by atoms with E-state index in [1.807, 2.05) is 17.5 Å². The van der Waals surface area contributed by atoms with Crippen molar-refractivity contribution in [3.05, 3.63) is 59.5 Å². The lowest BCUT2D eigenvalue weighted by atomic mass is 10.1. The van der Waals surface area contributed by atoms with E-state index in [4.69, 9.17) is 6.42 Å². The minimum absolute atomic E-state index is 0.0308. The summed E-state index contributed by atoms with van der Waals surface area (Å²) < 4.78 is 30.3. The smallest absolute Gasteiger partial charge is 0.255 e. The number of carbonyl (C=O) groups excluding carboxylic acids is 1. The third-order valence-corrected chi connectivity index (χ3v) is 5.47. The SMILES string of the molecule is C#CCNS(=O)(=O)c1cccc(C(=O)Nc2ccc(-c3csnn3)cc2)c1. The van der Waals surface area contributed by atoms with Crippen LogP contribution in [0.25, 0.3) is 11.3 Å². The van der Waals surface area contributed by atoms with Crippen LogP contribution in [0.2, 0.25) is 0 Å². The molecule has 0 saturated heterocycles. The molecule has 0 unspecified atom stereocenters.